The van der Waals surface area contributed by atoms with Crippen LogP contribution in [0.5, 0.6) is 0 Å². The van der Waals surface area contributed by atoms with Gasteiger partial charge in [0.15, 0.2) is 0 Å². The highest BCUT2D eigenvalue weighted by atomic mass is 16.1. The van der Waals surface area contributed by atoms with E-state index in [0.29, 0.717) is 0 Å². The second-order valence-electron chi connectivity index (χ2n) is 7.96. The summed E-state index contributed by atoms with van der Waals surface area (Å²) in [6, 6.07) is 0. The van der Waals surface area contributed by atoms with Gasteiger partial charge in [-0.2, -0.15) is 0 Å². The van der Waals surface area contributed by atoms with Crippen LogP contribution in [0.2, 0.25) is 0 Å². The van der Waals surface area contributed by atoms with Crippen molar-refractivity contribution in [2.45, 2.75) is 70.6 Å². The van der Waals surface area contributed by atoms with Crippen molar-refractivity contribution in [1.82, 2.24) is 0 Å². The molecule has 4 aliphatic rings. The first-order chi connectivity index (χ1) is 9.35. The Morgan fingerprint density at radius 2 is 1.58 bits per heavy atom. The fourth-order valence-electron chi connectivity index (χ4n) is 6.80. The molecule has 0 amide bonds. The summed E-state index contributed by atoms with van der Waals surface area (Å²) in [6.45, 7) is 0. The quantitative estimate of drug-likeness (QED) is 0.630. The molecule has 106 valence electrons. The molecule has 0 heterocycles. The second kappa shape index (κ2) is 4.60. The first-order valence-electron chi connectivity index (χ1n) is 8.81. The summed E-state index contributed by atoms with van der Waals surface area (Å²) in [5, 5.41) is 0. The van der Waals surface area contributed by atoms with Crippen LogP contribution in [-0.2, 0) is 4.79 Å². The largest absolute Gasteiger partial charge is 0.303 e. The van der Waals surface area contributed by atoms with Crippen LogP contribution >= 0.6 is 0 Å². The minimum atomic E-state index is 0.120. The molecular weight excluding hydrogens is 232 g/mol. The fraction of sp³-hybridized carbons (Fsp3) is 0.944. The Morgan fingerprint density at radius 3 is 2.47 bits per heavy atom. The highest BCUT2D eigenvalue weighted by molar-refractivity contribution is 5.61. The van der Waals surface area contributed by atoms with E-state index >= 15 is 0 Å². The maximum absolute atomic E-state index is 12.2. The third-order valence-electron chi connectivity index (χ3n) is 7.54. The van der Waals surface area contributed by atoms with E-state index in [-0.39, 0.29) is 5.41 Å². The van der Waals surface area contributed by atoms with Gasteiger partial charge in [0.25, 0.3) is 0 Å². The lowest BCUT2D eigenvalue weighted by molar-refractivity contribution is -0.144. The van der Waals surface area contributed by atoms with E-state index in [1.807, 2.05) is 0 Å². The molecule has 19 heavy (non-hydrogen) atoms. The van der Waals surface area contributed by atoms with Crippen LogP contribution in [0.15, 0.2) is 0 Å². The van der Waals surface area contributed by atoms with Gasteiger partial charge >= 0.3 is 0 Å². The molecule has 0 aromatic carbocycles. The highest BCUT2D eigenvalue weighted by Gasteiger charge is 2.57. The Bertz CT molecular complexity index is 363. The third kappa shape index (κ3) is 1.69. The van der Waals surface area contributed by atoms with E-state index < -0.39 is 0 Å². The first-order valence-corrected chi connectivity index (χ1v) is 8.81. The Hall–Kier alpha value is -0.330. The summed E-state index contributed by atoms with van der Waals surface area (Å²) < 4.78 is 0. The van der Waals surface area contributed by atoms with E-state index in [2.05, 4.69) is 0 Å². The zero-order chi connectivity index (χ0) is 12.9. The predicted molar refractivity (Wildman–Crippen MR) is 76.7 cm³/mol. The zero-order valence-corrected chi connectivity index (χ0v) is 12.2. The molecule has 2 unspecified atom stereocenters. The maximum Gasteiger partial charge on any atom is 0.126 e. The summed E-state index contributed by atoms with van der Waals surface area (Å²) in [5.41, 5.74) is 0.120. The van der Waals surface area contributed by atoms with Gasteiger partial charge in [-0.05, 0) is 68.1 Å². The van der Waals surface area contributed by atoms with E-state index in [4.69, 9.17) is 0 Å². The van der Waals surface area contributed by atoms with Crippen molar-refractivity contribution in [2.75, 3.05) is 0 Å². The SMILES string of the molecule is O=CC12CC[C@@H]3CCC[C@H]3[C@@H]1CCC1CCCC[C@@H]12. The normalized spacial score (nSPS) is 52.9. The van der Waals surface area contributed by atoms with Crippen LogP contribution in [0.3, 0.4) is 0 Å². The molecule has 4 saturated carbocycles. The molecule has 0 radical (unpaired) electrons. The number of rotatable bonds is 1. The van der Waals surface area contributed by atoms with Crippen molar-refractivity contribution in [1.29, 1.82) is 0 Å². The van der Waals surface area contributed by atoms with Crippen molar-refractivity contribution < 1.29 is 4.79 Å². The molecule has 1 nitrogen and oxygen atoms in total. The molecule has 4 rings (SSSR count). The second-order valence-corrected chi connectivity index (χ2v) is 7.96. The summed E-state index contributed by atoms with van der Waals surface area (Å²) in [4.78, 5) is 12.2. The number of fused-ring (bicyclic) bond motifs is 5. The lowest BCUT2D eigenvalue weighted by Gasteiger charge is -2.57. The molecule has 0 N–H and O–H groups in total. The molecule has 0 aromatic heterocycles. The Kier molecular flexibility index (Phi) is 3.01. The van der Waals surface area contributed by atoms with Crippen LogP contribution < -0.4 is 0 Å². The molecule has 6 atom stereocenters. The summed E-state index contributed by atoms with van der Waals surface area (Å²) >= 11 is 0. The predicted octanol–water partition coefficient (Wildman–Crippen LogP) is 4.60. The number of carbonyl (C=O) groups excluding carboxylic acids is 1. The van der Waals surface area contributed by atoms with Gasteiger partial charge in [0, 0.05) is 5.41 Å². The minimum absolute atomic E-state index is 0.120. The standard InChI is InChI=1S/C18H28O/c19-12-18-11-10-13-5-3-6-15(13)17(18)9-8-14-4-1-2-7-16(14)18/h12-17H,1-11H2/t13-,14?,15+,16-,17-,18?/m0/s1. The van der Waals surface area contributed by atoms with Gasteiger partial charge in [0.2, 0.25) is 0 Å². The van der Waals surface area contributed by atoms with E-state index in [1.54, 1.807) is 0 Å². The van der Waals surface area contributed by atoms with Crippen LogP contribution in [0, 0.1) is 35.0 Å². The van der Waals surface area contributed by atoms with Crippen LogP contribution in [0.25, 0.3) is 0 Å². The van der Waals surface area contributed by atoms with E-state index in [1.165, 1.54) is 76.9 Å². The lowest BCUT2D eigenvalue weighted by atomic mass is 9.46. The number of hydrogen-bond donors (Lipinski definition) is 0. The number of hydrogen-bond acceptors (Lipinski definition) is 1. The van der Waals surface area contributed by atoms with Gasteiger partial charge in [0.05, 0.1) is 0 Å². The number of carbonyl (C=O) groups is 1. The molecule has 0 saturated heterocycles. The fourth-order valence-corrected chi connectivity index (χ4v) is 6.80. The van der Waals surface area contributed by atoms with Crippen molar-refractivity contribution in [3.63, 3.8) is 0 Å². The molecule has 1 heteroatoms. The van der Waals surface area contributed by atoms with Crippen LogP contribution in [0.1, 0.15) is 70.6 Å². The summed E-state index contributed by atoms with van der Waals surface area (Å²) in [6.07, 6.45) is 16.8. The van der Waals surface area contributed by atoms with Crippen LogP contribution in [0.4, 0.5) is 0 Å². The smallest absolute Gasteiger partial charge is 0.126 e. The third-order valence-corrected chi connectivity index (χ3v) is 7.54. The average Bonchev–Trinajstić information content (AvgIpc) is 2.95. The first kappa shape index (κ1) is 12.4. The maximum atomic E-state index is 12.2. The Labute approximate surface area is 117 Å². The van der Waals surface area contributed by atoms with Crippen molar-refractivity contribution in [2.24, 2.45) is 35.0 Å². The van der Waals surface area contributed by atoms with Gasteiger partial charge in [0.1, 0.15) is 6.29 Å². The Morgan fingerprint density at radius 1 is 0.737 bits per heavy atom. The zero-order valence-electron chi connectivity index (χ0n) is 12.2. The van der Waals surface area contributed by atoms with Gasteiger partial charge in [-0.3, -0.25) is 0 Å². The van der Waals surface area contributed by atoms with E-state index in [9.17, 15) is 4.79 Å². The lowest BCUT2D eigenvalue weighted by Crippen LogP contribution is -2.53. The average molecular weight is 260 g/mol. The summed E-state index contributed by atoms with van der Waals surface area (Å²) in [7, 11) is 0. The monoisotopic (exact) mass is 260 g/mol. The Balaban J connectivity index is 1.68. The minimum Gasteiger partial charge on any atom is -0.303 e. The van der Waals surface area contributed by atoms with Gasteiger partial charge in [-0.1, -0.05) is 32.1 Å². The number of aldehydes is 1. The van der Waals surface area contributed by atoms with Gasteiger partial charge in [-0.25, -0.2) is 0 Å². The molecule has 0 spiro atoms. The molecule has 4 aliphatic carbocycles. The van der Waals surface area contributed by atoms with Gasteiger partial charge < -0.3 is 4.79 Å². The highest BCUT2D eigenvalue weighted by Crippen LogP contribution is 2.63. The molecule has 0 aliphatic heterocycles. The van der Waals surface area contributed by atoms with Crippen molar-refractivity contribution >= 4 is 6.29 Å². The van der Waals surface area contributed by atoms with Crippen molar-refractivity contribution in [3.05, 3.63) is 0 Å². The molecule has 0 aromatic rings. The topological polar surface area (TPSA) is 17.1 Å². The molecule has 0 bridgehead atoms. The molecule has 4 fully saturated rings. The summed E-state index contributed by atoms with van der Waals surface area (Å²) in [5.74, 6) is 4.33. The van der Waals surface area contributed by atoms with E-state index in [0.717, 1.165) is 29.6 Å². The van der Waals surface area contributed by atoms with Crippen molar-refractivity contribution in [3.8, 4) is 0 Å². The molecular formula is C18H28O. The van der Waals surface area contributed by atoms with Gasteiger partial charge in [-0.15, -0.1) is 0 Å². The van der Waals surface area contributed by atoms with Crippen LogP contribution in [-0.4, -0.2) is 6.29 Å².